The van der Waals surface area contributed by atoms with Crippen molar-refractivity contribution in [3.05, 3.63) is 46.2 Å². The molecule has 0 atom stereocenters. The lowest BCUT2D eigenvalue weighted by Crippen LogP contribution is -2.13. The number of anilines is 1. The number of aromatic amines is 1. The van der Waals surface area contributed by atoms with Crippen LogP contribution in [0.5, 0.6) is 0 Å². The maximum atomic E-state index is 11.8. The summed E-state index contributed by atoms with van der Waals surface area (Å²) < 4.78 is 0.886. The number of imidazole rings is 1. The van der Waals surface area contributed by atoms with Gasteiger partial charge in [-0.25, -0.2) is 4.98 Å². The minimum absolute atomic E-state index is 0.181. The molecule has 4 nitrogen and oxygen atoms in total. The van der Waals surface area contributed by atoms with Crippen LogP contribution in [0.3, 0.4) is 0 Å². The summed E-state index contributed by atoms with van der Waals surface area (Å²) in [5, 5.41) is 2.67. The van der Waals surface area contributed by atoms with E-state index in [0.29, 0.717) is 11.5 Å². The van der Waals surface area contributed by atoms with Gasteiger partial charge in [-0.05, 0) is 30.7 Å². The van der Waals surface area contributed by atoms with Gasteiger partial charge in [0.2, 0.25) is 5.95 Å². The van der Waals surface area contributed by atoms with Crippen LogP contribution in [-0.4, -0.2) is 15.9 Å². The summed E-state index contributed by atoms with van der Waals surface area (Å²) in [5.41, 5.74) is 1.63. The third-order valence-electron chi connectivity index (χ3n) is 2.03. The Morgan fingerprint density at radius 3 is 2.88 bits per heavy atom. The number of nitrogens with zero attached hydrogens (tertiary/aromatic N) is 1. The van der Waals surface area contributed by atoms with E-state index in [2.05, 4.69) is 31.2 Å². The third-order valence-corrected chi connectivity index (χ3v) is 2.49. The van der Waals surface area contributed by atoms with Crippen molar-refractivity contribution in [2.24, 2.45) is 0 Å². The minimum Gasteiger partial charge on any atom is -0.331 e. The highest BCUT2D eigenvalue weighted by Gasteiger charge is 2.08. The second kappa shape index (κ2) is 4.49. The monoisotopic (exact) mass is 279 g/mol. The molecule has 1 aromatic heterocycles. The molecular formula is C11H10BrN3O. The number of aryl methyl sites for hydroxylation is 1. The average molecular weight is 280 g/mol. The first-order chi connectivity index (χ1) is 7.65. The fourth-order valence-electron chi connectivity index (χ4n) is 1.38. The van der Waals surface area contributed by atoms with Gasteiger partial charge in [0.15, 0.2) is 0 Å². The van der Waals surface area contributed by atoms with Crippen LogP contribution in [0.1, 0.15) is 15.9 Å². The largest absolute Gasteiger partial charge is 0.331 e. The molecule has 1 amide bonds. The highest BCUT2D eigenvalue weighted by molar-refractivity contribution is 9.10. The molecule has 1 heterocycles. The van der Waals surface area contributed by atoms with Gasteiger partial charge in [-0.1, -0.05) is 15.9 Å². The normalized spacial score (nSPS) is 10.1. The summed E-state index contributed by atoms with van der Waals surface area (Å²) in [6, 6.07) is 5.54. The van der Waals surface area contributed by atoms with Crippen molar-refractivity contribution in [3.63, 3.8) is 0 Å². The Bertz CT molecular complexity index is 488. The third kappa shape index (κ3) is 2.49. The molecular weight excluding hydrogens is 270 g/mol. The van der Waals surface area contributed by atoms with Crippen molar-refractivity contribution in [2.45, 2.75) is 6.92 Å². The molecule has 0 saturated heterocycles. The summed E-state index contributed by atoms with van der Waals surface area (Å²) in [7, 11) is 0. The smallest absolute Gasteiger partial charge is 0.258 e. The van der Waals surface area contributed by atoms with Gasteiger partial charge in [0, 0.05) is 22.4 Å². The van der Waals surface area contributed by atoms with E-state index in [1.165, 1.54) is 0 Å². The molecule has 2 N–H and O–H groups in total. The summed E-state index contributed by atoms with van der Waals surface area (Å²) in [6.07, 6.45) is 3.24. The van der Waals surface area contributed by atoms with E-state index >= 15 is 0 Å². The molecule has 0 spiro atoms. The molecule has 16 heavy (non-hydrogen) atoms. The predicted molar refractivity (Wildman–Crippen MR) is 65.4 cm³/mol. The second-order valence-corrected chi connectivity index (χ2v) is 4.32. The molecule has 0 radical (unpaired) electrons. The summed E-state index contributed by atoms with van der Waals surface area (Å²) >= 11 is 3.36. The second-order valence-electron chi connectivity index (χ2n) is 3.41. The molecule has 5 heteroatoms. The van der Waals surface area contributed by atoms with Crippen LogP contribution in [0, 0.1) is 6.92 Å². The highest BCUT2D eigenvalue weighted by atomic mass is 79.9. The highest BCUT2D eigenvalue weighted by Crippen LogP contribution is 2.16. The number of carbonyl (C=O) groups is 1. The number of halogens is 1. The molecule has 2 aromatic rings. The van der Waals surface area contributed by atoms with Gasteiger partial charge >= 0.3 is 0 Å². The number of hydrogen-bond acceptors (Lipinski definition) is 2. The zero-order valence-corrected chi connectivity index (χ0v) is 10.2. The van der Waals surface area contributed by atoms with Gasteiger partial charge in [0.05, 0.1) is 0 Å². The molecule has 0 aliphatic rings. The summed E-state index contributed by atoms with van der Waals surface area (Å²) in [5.74, 6) is 0.266. The van der Waals surface area contributed by atoms with Crippen LogP contribution in [0.25, 0.3) is 0 Å². The zero-order chi connectivity index (χ0) is 11.5. The molecule has 2 rings (SSSR count). The van der Waals surface area contributed by atoms with Crippen molar-refractivity contribution >= 4 is 27.8 Å². The molecule has 0 saturated carbocycles. The topological polar surface area (TPSA) is 57.8 Å². The molecule has 0 bridgehead atoms. The molecule has 0 aliphatic carbocycles. The maximum absolute atomic E-state index is 11.8. The SMILES string of the molecule is Cc1cc(Br)cc(C(=O)Nc2ncc[nH]2)c1. The van der Waals surface area contributed by atoms with Crippen molar-refractivity contribution in [3.8, 4) is 0 Å². The van der Waals surface area contributed by atoms with E-state index in [1.54, 1.807) is 18.5 Å². The van der Waals surface area contributed by atoms with Crippen LogP contribution in [0.4, 0.5) is 5.95 Å². The fraction of sp³-hybridized carbons (Fsp3) is 0.0909. The predicted octanol–water partition coefficient (Wildman–Crippen LogP) is 2.73. The lowest BCUT2D eigenvalue weighted by molar-refractivity contribution is 0.102. The number of aromatic nitrogens is 2. The van der Waals surface area contributed by atoms with Gasteiger partial charge in [-0.2, -0.15) is 0 Å². The van der Waals surface area contributed by atoms with Crippen molar-refractivity contribution in [1.82, 2.24) is 9.97 Å². The number of benzene rings is 1. The van der Waals surface area contributed by atoms with Gasteiger partial charge in [0.25, 0.3) is 5.91 Å². The Morgan fingerprint density at radius 2 is 2.25 bits per heavy atom. The number of amides is 1. The summed E-state index contributed by atoms with van der Waals surface area (Å²) in [4.78, 5) is 18.6. The Hall–Kier alpha value is -1.62. The molecule has 0 unspecified atom stereocenters. The van der Waals surface area contributed by atoms with Gasteiger partial charge in [0.1, 0.15) is 0 Å². The molecule has 0 aliphatic heterocycles. The number of nitrogens with one attached hydrogen (secondary N) is 2. The van der Waals surface area contributed by atoms with Crippen LogP contribution < -0.4 is 5.32 Å². The van der Waals surface area contributed by atoms with Gasteiger partial charge < -0.3 is 4.98 Å². The van der Waals surface area contributed by atoms with Gasteiger partial charge in [-0.3, -0.25) is 10.1 Å². The number of carbonyl (C=O) groups excluding carboxylic acids is 1. The molecule has 0 fully saturated rings. The average Bonchev–Trinajstić information content (AvgIpc) is 2.68. The van der Waals surface area contributed by atoms with Crippen molar-refractivity contribution in [2.75, 3.05) is 5.32 Å². The first-order valence-electron chi connectivity index (χ1n) is 4.73. The number of rotatable bonds is 2. The fourth-order valence-corrected chi connectivity index (χ4v) is 1.99. The van der Waals surface area contributed by atoms with Crippen LogP contribution in [-0.2, 0) is 0 Å². The van der Waals surface area contributed by atoms with E-state index in [1.807, 2.05) is 19.1 Å². The zero-order valence-electron chi connectivity index (χ0n) is 8.62. The quantitative estimate of drug-likeness (QED) is 0.888. The molecule has 1 aromatic carbocycles. The lowest BCUT2D eigenvalue weighted by atomic mass is 10.1. The first kappa shape index (κ1) is 10.9. The van der Waals surface area contributed by atoms with Crippen LogP contribution in [0.2, 0.25) is 0 Å². The van der Waals surface area contributed by atoms with E-state index in [9.17, 15) is 4.79 Å². The van der Waals surface area contributed by atoms with Crippen molar-refractivity contribution < 1.29 is 4.79 Å². The Balaban J connectivity index is 2.21. The minimum atomic E-state index is -0.181. The number of H-pyrrole nitrogens is 1. The van der Waals surface area contributed by atoms with Crippen molar-refractivity contribution in [1.29, 1.82) is 0 Å². The Morgan fingerprint density at radius 1 is 1.44 bits per heavy atom. The number of hydrogen-bond donors (Lipinski definition) is 2. The summed E-state index contributed by atoms with van der Waals surface area (Å²) in [6.45, 7) is 1.94. The first-order valence-corrected chi connectivity index (χ1v) is 5.52. The van der Waals surface area contributed by atoms with Crippen LogP contribution in [0.15, 0.2) is 35.1 Å². The van der Waals surface area contributed by atoms with Gasteiger partial charge in [-0.15, -0.1) is 0 Å². The van der Waals surface area contributed by atoms with E-state index < -0.39 is 0 Å². The standard InChI is InChI=1S/C11H10BrN3O/c1-7-4-8(6-9(12)5-7)10(16)15-11-13-2-3-14-11/h2-6H,1H3,(H2,13,14,15,16). The van der Waals surface area contributed by atoms with E-state index in [4.69, 9.17) is 0 Å². The molecule has 82 valence electrons. The Kier molecular flexibility index (Phi) is 3.05. The Labute approximate surface area is 101 Å². The van der Waals surface area contributed by atoms with Crippen LogP contribution >= 0.6 is 15.9 Å². The van der Waals surface area contributed by atoms with E-state index in [-0.39, 0.29) is 5.91 Å². The van der Waals surface area contributed by atoms with E-state index in [0.717, 1.165) is 10.0 Å². The maximum Gasteiger partial charge on any atom is 0.258 e. The lowest BCUT2D eigenvalue weighted by Gasteiger charge is -2.04.